The molecular formula is C15H24N2. The van der Waals surface area contributed by atoms with Crippen molar-refractivity contribution < 1.29 is 0 Å². The number of nitrogens with two attached hydrogens (primary N) is 1. The summed E-state index contributed by atoms with van der Waals surface area (Å²) in [4.78, 5) is 4.26. The molecule has 0 spiro atoms. The molecule has 1 unspecified atom stereocenters. The van der Waals surface area contributed by atoms with E-state index in [-0.39, 0.29) is 6.04 Å². The fraction of sp³-hybridized carbons (Fsp3) is 0.667. The summed E-state index contributed by atoms with van der Waals surface area (Å²) in [5, 5.41) is 0. The van der Waals surface area contributed by atoms with Crippen LogP contribution in [0, 0.1) is 12.8 Å². The summed E-state index contributed by atoms with van der Waals surface area (Å²) in [5.41, 5.74) is 8.85. The van der Waals surface area contributed by atoms with Crippen LogP contribution in [-0.2, 0) is 0 Å². The second-order valence-corrected chi connectivity index (χ2v) is 5.43. The lowest BCUT2D eigenvalue weighted by molar-refractivity contribution is 0.327. The van der Waals surface area contributed by atoms with Gasteiger partial charge in [-0.1, -0.05) is 38.2 Å². The average molecular weight is 232 g/mol. The number of pyridine rings is 1. The second-order valence-electron chi connectivity index (χ2n) is 5.43. The standard InChI is InChI=1S/C15H24N2/c1-12-9-14(11-17-10-12)15(16)13-7-5-3-2-4-6-8-13/h9-11,13,15H,2-8,16H2,1H3. The predicted octanol–water partition coefficient (Wildman–Crippen LogP) is 3.75. The predicted molar refractivity (Wildman–Crippen MR) is 71.7 cm³/mol. The van der Waals surface area contributed by atoms with Gasteiger partial charge in [-0.2, -0.15) is 0 Å². The molecule has 2 heteroatoms. The van der Waals surface area contributed by atoms with Gasteiger partial charge in [-0.05, 0) is 36.8 Å². The van der Waals surface area contributed by atoms with Crippen LogP contribution in [0.2, 0.25) is 0 Å². The van der Waals surface area contributed by atoms with Crippen molar-refractivity contribution in [1.82, 2.24) is 4.98 Å². The molecule has 2 N–H and O–H groups in total. The highest BCUT2D eigenvalue weighted by Crippen LogP contribution is 2.31. The summed E-state index contributed by atoms with van der Waals surface area (Å²) in [6, 6.07) is 2.37. The first-order chi connectivity index (χ1) is 8.27. The summed E-state index contributed by atoms with van der Waals surface area (Å²) >= 11 is 0. The summed E-state index contributed by atoms with van der Waals surface area (Å²) in [6.07, 6.45) is 13.3. The zero-order chi connectivity index (χ0) is 12.1. The second kappa shape index (κ2) is 6.15. The van der Waals surface area contributed by atoms with Gasteiger partial charge < -0.3 is 5.73 Å². The van der Waals surface area contributed by atoms with Gasteiger partial charge in [0, 0.05) is 18.4 Å². The van der Waals surface area contributed by atoms with E-state index in [0.717, 1.165) is 0 Å². The van der Waals surface area contributed by atoms with E-state index in [1.54, 1.807) is 0 Å². The van der Waals surface area contributed by atoms with Crippen LogP contribution in [0.25, 0.3) is 0 Å². The minimum atomic E-state index is 0.181. The summed E-state index contributed by atoms with van der Waals surface area (Å²) in [7, 11) is 0. The SMILES string of the molecule is Cc1cncc(C(N)C2CCCCCCC2)c1. The Bertz CT molecular complexity index is 341. The Morgan fingerprint density at radius 1 is 1.12 bits per heavy atom. The van der Waals surface area contributed by atoms with Gasteiger partial charge in [-0.3, -0.25) is 4.98 Å². The largest absolute Gasteiger partial charge is 0.324 e. The van der Waals surface area contributed by atoms with Gasteiger partial charge in [-0.15, -0.1) is 0 Å². The summed E-state index contributed by atoms with van der Waals surface area (Å²) in [6.45, 7) is 2.08. The van der Waals surface area contributed by atoms with Crippen molar-refractivity contribution in [3.63, 3.8) is 0 Å². The molecule has 0 amide bonds. The van der Waals surface area contributed by atoms with E-state index >= 15 is 0 Å². The Morgan fingerprint density at radius 2 is 1.76 bits per heavy atom. The van der Waals surface area contributed by atoms with Crippen LogP contribution in [0.4, 0.5) is 0 Å². The fourth-order valence-electron chi connectivity index (χ4n) is 2.88. The highest BCUT2D eigenvalue weighted by molar-refractivity contribution is 5.20. The first kappa shape index (κ1) is 12.6. The maximum Gasteiger partial charge on any atom is 0.0338 e. The van der Waals surface area contributed by atoms with Crippen LogP contribution in [0.3, 0.4) is 0 Å². The van der Waals surface area contributed by atoms with Gasteiger partial charge in [0.05, 0.1) is 0 Å². The molecule has 2 rings (SSSR count). The van der Waals surface area contributed by atoms with Gasteiger partial charge >= 0.3 is 0 Å². The molecule has 2 nitrogen and oxygen atoms in total. The van der Waals surface area contributed by atoms with Crippen molar-refractivity contribution >= 4 is 0 Å². The van der Waals surface area contributed by atoms with Crippen molar-refractivity contribution in [3.8, 4) is 0 Å². The van der Waals surface area contributed by atoms with Crippen LogP contribution < -0.4 is 5.73 Å². The Kier molecular flexibility index (Phi) is 4.55. The van der Waals surface area contributed by atoms with Gasteiger partial charge in [0.25, 0.3) is 0 Å². The third-order valence-electron chi connectivity index (χ3n) is 3.94. The lowest BCUT2D eigenvalue weighted by atomic mass is 9.83. The fourth-order valence-corrected chi connectivity index (χ4v) is 2.88. The number of aromatic nitrogens is 1. The molecule has 0 saturated heterocycles. The lowest BCUT2D eigenvalue weighted by Crippen LogP contribution is -2.22. The van der Waals surface area contributed by atoms with Crippen molar-refractivity contribution in [2.75, 3.05) is 0 Å². The van der Waals surface area contributed by atoms with Crippen molar-refractivity contribution in [3.05, 3.63) is 29.6 Å². The number of aryl methyl sites for hydroxylation is 1. The van der Waals surface area contributed by atoms with Crippen LogP contribution in [0.15, 0.2) is 18.5 Å². The molecule has 94 valence electrons. The number of hydrogen-bond donors (Lipinski definition) is 1. The average Bonchev–Trinajstić information content (AvgIpc) is 2.28. The zero-order valence-corrected chi connectivity index (χ0v) is 10.9. The quantitative estimate of drug-likeness (QED) is 0.843. The van der Waals surface area contributed by atoms with Gasteiger partial charge in [0.15, 0.2) is 0 Å². The number of nitrogens with zero attached hydrogens (tertiary/aromatic N) is 1. The van der Waals surface area contributed by atoms with E-state index in [1.807, 2.05) is 12.4 Å². The Morgan fingerprint density at radius 3 is 2.41 bits per heavy atom. The van der Waals surface area contributed by atoms with Crippen LogP contribution in [0.1, 0.15) is 62.1 Å². The van der Waals surface area contributed by atoms with Gasteiger partial charge in [0.1, 0.15) is 0 Å². The maximum atomic E-state index is 6.42. The lowest BCUT2D eigenvalue weighted by Gasteiger charge is -2.26. The van der Waals surface area contributed by atoms with Crippen molar-refractivity contribution in [2.24, 2.45) is 11.7 Å². The third kappa shape index (κ3) is 3.53. The van der Waals surface area contributed by atoms with Gasteiger partial charge in [-0.25, -0.2) is 0 Å². The van der Waals surface area contributed by atoms with E-state index in [1.165, 1.54) is 56.1 Å². The Labute approximate surface area is 105 Å². The zero-order valence-electron chi connectivity index (χ0n) is 10.9. The molecule has 0 aliphatic heterocycles. The topological polar surface area (TPSA) is 38.9 Å². The van der Waals surface area contributed by atoms with Crippen molar-refractivity contribution in [2.45, 2.75) is 57.9 Å². The molecular weight excluding hydrogens is 208 g/mol. The third-order valence-corrected chi connectivity index (χ3v) is 3.94. The highest BCUT2D eigenvalue weighted by atomic mass is 14.7. The Balaban J connectivity index is 2.04. The van der Waals surface area contributed by atoms with E-state index in [0.29, 0.717) is 5.92 Å². The van der Waals surface area contributed by atoms with E-state index in [4.69, 9.17) is 5.73 Å². The Hall–Kier alpha value is -0.890. The first-order valence-corrected chi connectivity index (χ1v) is 6.94. The molecule has 17 heavy (non-hydrogen) atoms. The summed E-state index contributed by atoms with van der Waals surface area (Å²) < 4.78 is 0. The van der Waals surface area contributed by atoms with Crippen LogP contribution in [0.5, 0.6) is 0 Å². The molecule has 0 radical (unpaired) electrons. The van der Waals surface area contributed by atoms with E-state index in [9.17, 15) is 0 Å². The minimum absolute atomic E-state index is 0.181. The van der Waals surface area contributed by atoms with Gasteiger partial charge in [0.2, 0.25) is 0 Å². The highest BCUT2D eigenvalue weighted by Gasteiger charge is 2.20. The monoisotopic (exact) mass is 232 g/mol. The smallest absolute Gasteiger partial charge is 0.0338 e. The maximum absolute atomic E-state index is 6.42. The number of rotatable bonds is 2. The molecule has 1 aromatic heterocycles. The normalized spacial score (nSPS) is 20.6. The molecule has 1 saturated carbocycles. The molecule has 1 atom stereocenters. The molecule has 0 aromatic carbocycles. The molecule has 1 fully saturated rings. The van der Waals surface area contributed by atoms with Crippen LogP contribution >= 0.6 is 0 Å². The van der Waals surface area contributed by atoms with E-state index < -0.39 is 0 Å². The molecule has 1 aliphatic rings. The first-order valence-electron chi connectivity index (χ1n) is 6.94. The number of hydrogen-bond acceptors (Lipinski definition) is 2. The molecule has 1 heterocycles. The molecule has 1 aromatic rings. The molecule has 1 aliphatic carbocycles. The van der Waals surface area contributed by atoms with E-state index in [2.05, 4.69) is 18.0 Å². The molecule has 0 bridgehead atoms. The van der Waals surface area contributed by atoms with Crippen LogP contribution in [-0.4, -0.2) is 4.98 Å². The summed E-state index contributed by atoms with van der Waals surface area (Å²) in [5.74, 6) is 0.652. The minimum Gasteiger partial charge on any atom is -0.324 e. The van der Waals surface area contributed by atoms with Crippen molar-refractivity contribution in [1.29, 1.82) is 0 Å².